The minimum atomic E-state index is -3.38. The van der Waals surface area contributed by atoms with Gasteiger partial charge in [-0.05, 0) is 44.5 Å². The number of benzene rings is 1. The van der Waals surface area contributed by atoms with Crippen LogP contribution >= 0.6 is 0 Å². The summed E-state index contributed by atoms with van der Waals surface area (Å²) < 4.78 is 51.4. The third kappa shape index (κ3) is 5.29. The van der Waals surface area contributed by atoms with Gasteiger partial charge in [0.25, 0.3) is 5.91 Å². The molecule has 10 heteroatoms. The lowest BCUT2D eigenvalue weighted by molar-refractivity contribution is -0.141. The third-order valence-corrected chi connectivity index (χ3v) is 7.30. The van der Waals surface area contributed by atoms with E-state index >= 15 is 0 Å². The Kier molecular flexibility index (Phi) is 6.31. The molecule has 1 amide bonds. The van der Waals surface area contributed by atoms with Crippen LogP contribution in [0.4, 0.5) is 0 Å². The van der Waals surface area contributed by atoms with Crippen molar-refractivity contribution in [2.45, 2.75) is 37.3 Å². The molecule has 1 saturated heterocycles. The van der Waals surface area contributed by atoms with Gasteiger partial charge in [-0.3, -0.25) is 4.79 Å². The van der Waals surface area contributed by atoms with Gasteiger partial charge in [0, 0.05) is 18.8 Å². The number of hydrogen-bond donors (Lipinski definition) is 0. The van der Waals surface area contributed by atoms with Gasteiger partial charge in [0.05, 0.1) is 22.0 Å². The van der Waals surface area contributed by atoms with Gasteiger partial charge in [-0.15, -0.1) is 0 Å². The van der Waals surface area contributed by atoms with Gasteiger partial charge in [-0.1, -0.05) is 0 Å². The number of nitrogens with zero attached hydrogens (tertiary/aromatic N) is 1. The highest BCUT2D eigenvalue weighted by atomic mass is 32.2. The van der Waals surface area contributed by atoms with Gasteiger partial charge in [-0.25, -0.2) is 21.6 Å². The van der Waals surface area contributed by atoms with Crippen molar-refractivity contribution in [3.05, 3.63) is 29.8 Å². The van der Waals surface area contributed by atoms with Crippen molar-refractivity contribution >= 4 is 31.6 Å². The first-order valence-electron chi connectivity index (χ1n) is 8.46. The van der Waals surface area contributed by atoms with Crippen LogP contribution in [-0.4, -0.2) is 70.1 Å². The Bertz CT molecular complexity index is 921. The van der Waals surface area contributed by atoms with E-state index in [-0.39, 0.29) is 22.0 Å². The maximum Gasteiger partial charge on any atom is 0.338 e. The monoisotopic (exact) mass is 417 g/mol. The molecule has 0 bridgehead atoms. The standard InChI is InChI=1S/C17H23NO7S2/c1-4-18(14-9-10-27(23,24)11-14)16(19)12(2)25-17(20)13-5-7-15(8-6-13)26(3,21)22/h5-8,12,14H,4,9-11H2,1-3H3/t12-,14+/m1/s1. The summed E-state index contributed by atoms with van der Waals surface area (Å²) in [5, 5.41) is 0. The molecule has 8 nitrogen and oxygen atoms in total. The highest BCUT2D eigenvalue weighted by molar-refractivity contribution is 7.91. The Morgan fingerprint density at radius 2 is 1.85 bits per heavy atom. The molecule has 0 radical (unpaired) electrons. The Morgan fingerprint density at radius 1 is 1.26 bits per heavy atom. The van der Waals surface area contributed by atoms with Crippen LogP contribution in [0.15, 0.2) is 29.2 Å². The molecule has 150 valence electrons. The lowest BCUT2D eigenvalue weighted by Gasteiger charge is -2.29. The molecule has 0 saturated carbocycles. The molecule has 0 aliphatic carbocycles. The van der Waals surface area contributed by atoms with Crippen LogP contribution in [0.5, 0.6) is 0 Å². The zero-order valence-corrected chi connectivity index (χ0v) is 17.0. The topological polar surface area (TPSA) is 115 Å². The highest BCUT2D eigenvalue weighted by Gasteiger charge is 2.36. The Labute approximate surface area is 159 Å². The molecule has 0 aromatic heterocycles. The van der Waals surface area contributed by atoms with Gasteiger partial charge in [0.2, 0.25) is 0 Å². The van der Waals surface area contributed by atoms with Crippen LogP contribution in [0.1, 0.15) is 30.6 Å². The predicted molar refractivity (Wildman–Crippen MR) is 98.9 cm³/mol. The summed E-state index contributed by atoms with van der Waals surface area (Å²) in [6, 6.07) is 4.80. The average Bonchev–Trinajstić information content (AvgIpc) is 2.94. The third-order valence-electron chi connectivity index (χ3n) is 4.42. The fraction of sp³-hybridized carbons (Fsp3) is 0.529. The number of esters is 1. The van der Waals surface area contributed by atoms with Gasteiger partial charge in [0.15, 0.2) is 25.8 Å². The largest absolute Gasteiger partial charge is 0.449 e. The number of sulfone groups is 2. The molecule has 27 heavy (non-hydrogen) atoms. The molecule has 2 rings (SSSR count). The van der Waals surface area contributed by atoms with Crippen LogP contribution in [-0.2, 0) is 29.2 Å². The van der Waals surface area contributed by atoms with Crippen LogP contribution in [0.3, 0.4) is 0 Å². The summed E-state index contributed by atoms with van der Waals surface area (Å²) in [5.41, 5.74) is 0.119. The molecule has 1 aliphatic heterocycles. The second-order valence-electron chi connectivity index (χ2n) is 6.53. The number of amides is 1. The molecule has 1 aromatic carbocycles. The summed E-state index contributed by atoms with van der Waals surface area (Å²) in [4.78, 5) is 26.3. The first-order valence-corrected chi connectivity index (χ1v) is 12.2. The van der Waals surface area contributed by atoms with E-state index in [9.17, 15) is 26.4 Å². The molecule has 1 aliphatic rings. The lowest BCUT2D eigenvalue weighted by Crippen LogP contribution is -2.46. The van der Waals surface area contributed by atoms with Crippen LogP contribution < -0.4 is 0 Å². The fourth-order valence-electron chi connectivity index (χ4n) is 2.97. The van der Waals surface area contributed by atoms with E-state index in [0.29, 0.717) is 13.0 Å². The quantitative estimate of drug-likeness (QED) is 0.625. The predicted octanol–water partition coefficient (Wildman–Crippen LogP) is 0.671. The van der Waals surface area contributed by atoms with Crippen LogP contribution in [0, 0.1) is 0 Å². The summed E-state index contributed by atoms with van der Waals surface area (Å²) in [6.45, 7) is 3.47. The first kappa shape index (κ1) is 21.4. The molecule has 0 N–H and O–H groups in total. The van der Waals surface area contributed by atoms with E-state index in [2.05, 4.69) is 0 Å². The number of carbonyl (C=O) groups is 2. The molecular formula is C17H23NO7S2. The van der Waals surface area contributed by atoms with E-state index in [4.69, 9.17) is 4.74 Å². The smallest absolute Gasteiger partial charge is 0.338 e. The number of hydrogen-bond acceptors (Lipinski definition) is 7. The van der Waals surface area contributed by atoms with E-state index in [1.165, 1.54) is 36.1 Å². The van der Waals surface area contributed by atoms with E-state index < -0.39 is 43.7 Å². The maximum atomic E-state index is 12.6. The fourth-order valence-corrected chi connectivity index (χ4v) is 5.33. The van der Waals surface area contributed by atoms with E-state index in [0.717, 1.165) is 6.26 Å². The van der Waals surface area contributed by atoms with Crippen molar-refractivity contribution in [3.63, 3.8) is 0 Å². The highest BCUT2D eigenvalue weighted by Crippen LogP contribution is 2.19. The lowest BCUT2D eigenvalue weighted by atomic mass is 10.2. The van der Waals surface area contributed by atoms with Crippen molar-refractivity contribution in [1.29, 1.82) is 0 Å². The number of carbonyl (C=O) groups excluding carboxylic acids is 2. The molecular weight excluding hydrogens is 394 g/mol. The molecule has 2 atom stereocenters. The zero-order valence-electron chi connectivity index (χ0n) is 15.4. The minimum Gasteiger partial charge on any atom is -0.449 e. The summed E-state index contributed by atoms with van der Waals surface area (Å²) in [7, 11) is -6.52. The van der Waals surface area contributed by atoms with Crippen molar-refractivity contribution in [1.82, 2.24) is 4.90 Å². The van der Waals surface area contributed by atoms with Gasteiger partial charge in [0.1, 0.15) is 0 Å². The molecule has 0 unspecified atom stereocenters. The molecule has 0 spiro atoms. The molecule has 1 aromatic rings. The summed E-state index contributed by atoms with van der Waals surface area (Å²) >= 11 is 0. The summed E-state index contributed by atoms with van der Waals surface area (Å²) in [6.07, 6.45) is 0.342. The van der Waals surface area contributed by atoms with Crippen LogP contribution in [0.25, 0.3) is 0 Å². The van der Waals surface area contributed by atoms with E-state index in [1.807, 2.05) is 0 Å². The second kappa shape index (κ2) is 7.97. The average molecular weight is 418 g/mol. The zero-order chi connectivity index (χ0) is 20.4. The van der Waals surface area contributed by atoms with Gasteiger partial charge in [-0.2, -0.15) is 0 Å². The Hall–Kier alpha value is -1.94. The second-order valence-corrected chi connectivity index (χ2v) is 10.8. The maximum absolute atomic E-state index is 12.6. The van der Waals surface area contributed by atoms with Gasteiger partial charge >= 0.3 is 5.97 Å². The number of rotatable bonds is 6. The van der Waals surface area contributed by atoms with E-state index in [1.54, 1.807) is 6.92 Å². The molecule has 1 fully saturated rings. The van der Waals surface area contributed by atoms with Crippen molar-refractivity contribution in [2.75, 3.05) is 24.3 Å². The summed E-state index contributed by atoms with van der Waals surface area (Å²) in [5.74, 6) is -1.26. The first-order chi connectivity index (χ1) is 12.4. The Morgan fingerprint density at radius 3 is 2.30 bits per heavy atom. The van der Waals surface area contributed by atoms with Crippen molar-refractivity contribution < 1.29 is 31.2 Å². The van der Waals surface area contributed by atoms with Crippen LogP contribution in [0.2, 0.25) is 0 Å². The van der Waals surface area contributed by atoms with Gasteiger partial charge < -0.3 is 9.64 Å². The van der Waals surface area contributed by atoms with Crippen molar-refractivity contribution in [3.8, 4) is 0 Å². The SMILES string of the molecule is CCN(C(=O)[C@@H](C)OC(=O)c1ccc(S(C)(=O)=O)cc1)[C@H]1CCS(=O)(=O)C1. The number of ether oxygens (including phenoxy) is 1. The number of likely N-dealkylation sites (N-methyl/N-ethyl adjacent to an activating group) is 1. The normalized spacial score (nSPS) is 20.0. The van der Waals surface area contributed by atoms with Crippen molar-refractivity contribution in [2.24, 2.45) is 0 Å². The Balaban J connectivity index is 2.05. The minimum absolute atomic E-state index is 0.0439. The molecule has 1 heterocycles.